The second kappa shape index (κ2) is 7.26. The number of allylic oxidation sites excluding steroid dienone is 2. The van der Waals surface area contributed by atoms with Gasteiger partial charge in [0.25, 0.3) is 0 Å². The molecule has 0 bridgehead atoms. The molecule has 2 saturated heterocycles. The van der Waals surface area contributed by atoms with Gasteiger partial charge in [-0.1, -0.05) is 17.7 Å². The van der Waals surface area contributed by atoms with Gasteiger partial charge in [0.2, 0.25) is 0 Å². The topological polar surface area (TPSA) is 77.9 Å². The average molecular weight is 397 g/mol. The molecule has 1 aromatic heterocycles. The lowest BCUT2D eigenvalue weighted by Gasteiger charge is -2.47. The molecule has 4 aliphatic rings. The SMILES string of the molecule is C[C@H]1OC(=O)[C@@H]2C[C@@H]3CC4(CC[C@H]3/C(=C\C=C\c3ccc(O)cn3)[C@H]12)OCCO4. The number of cyclic esters (lactones) is 1. The van der Waals surface area contributed by atoms with E-state index in [1.165, 1.54) is 11.8 Å². The van der Waals surface area contributed by atoms with Crippen LogP contribution in [0.3, 0.4) is 0 Å². The zero-order valence-corrected chi connectivity index (χ0v) is 16.6. The quantitative estimate of drug-likeness (QED) is 0.770. The molecule has 2 aliphatic carbocycles. The van der Waals surface area contributed by atoms with E-state index in [0.717, 1.165) is 31.4 Å². The molecule has 0 aromatic carbocycles. The second-order valence-electron chi connectivity index (χ2n) is 8.69. The number of pyridine rings is 1. The van der Waals surface area contributed by atoms with E-state index in [1.807, 2.05) is 19.1 Å². The molecule has 0 amide bonds. The highest BCUT2D eigenvalue weighted by atomic mass is 16.7. The second-order valence-corrected chi connectivity index (χ2v) is 8.69. The van der Waals surface area contributed by atoms with Crippen molar-refractivity contribution in [3.8, 4) is 5.75 Å². The Hall–Kier alpha value is -2.18. The summed E-state index contributed by atoms with van der Waals surface area (Å²) in [6, 6.07) is 3.40. The van der Waals surface area contributed by atoms with Crippen LogP contribution in [-0.2, 0) is 19.0 Å². The monoisotopic (exact) mass is 397 g/mol. The number of aromatic nitrogens is 1. The largest absolute Gasteiger partial charge is 0.506 e. The first kappa shape index (κ1) is 18.8. The van der Waals surface area contributed by atoms with E-state index in [-0.39, 0.29) is 29.7 Å². The fourth-order valence-corrected chi connectivity index (χ4v) is 5.83. The molecule has 2 saturated carbocycles. The fourth-order valence-electron chi connectivity index (χ4n) is 5.83. The standard InChI is InChI=1S/C23H27NO5/c1-14-21-19(4-2-3-16-5-6-17(25)13-24-16)18-7-8-23(27-9-10-28-23)12-15(18)11-20(21)22(26)29-14/h2-6,13-15,18,20-21,25H,7-12H2,1H3/b3-2+,19-4+/t14-,15-,18-,20-,21+/m1/s1. The molecule has 0 radical (unpaired) electrons. The highest BCUT2D eigenvalue weighted by Gasteiger charge is 2.55. The van der Waals surface area contributed by atoms with Gasteiger partial charge in [-0.2, -0.15) is 0 Å². The van der Waals surface area contributed by atoms with Crippen molar-refractivity contribution in [3.05, 3.63) is 41.7 Å². The Bertz CT molecular complexity index is 839. The highest BCUT2D eigenvalue weighted by Crippen LogP contribution is 2.55. The number of fused-ring (bicyclic) bond motifs is 2. The van der Waals surface area contributed by atoms with Crippen molar-refractivity contribution in [3.63, 3.8) is 0 Å². The zero-order chi connectivity index (χ0) is 20.0. The fraction of sp³-hybridized carbons (Fsp3) is 0.565. The Morgan fingerprint density at radius 2 is 2.07 bits per heavy atom. The van der Waals surface area contributed by atoms with Gasteiger partial charge in [0, 0.05) is 18.8 Å². The molecule has 5 atom stereocenters. The molecule has 1 spiro atoms. The maximum Gasteiger partial charge on any atom is 0.309 e. The maximum absolute atomic E-state index is 12.5. The summed E-state index contributed by atoms with van der Waals surface area (Å²) in [7, 11) is 0. The summed E-state index contributed by atoms with van der Waals surface area (Å²) >= 11 is 0. The van der Waals surface area contributed by atoms with Crippen LogP contribution in [0.1, 0.15) is 38.3 Å². The summed E-state index contributed by atoms with van der Waals surface area (Å²) in [5, 5.41) is 9.39. The summed E-state index contributed by atoms with van der Waals surface area (Å²) in [5.74, 6) is 0.496. The van der Waals surface area contributed by atoms with Crippen LogP contribution in [0.4, 0.5) is 0 Å². The van der Waals surface area contributed by atoms with Crippen molar-refractivity contribution in [1.29, 1.82) is 0 Å². The van der Waals surface area contributed by atoms with Crippen LogP contribution >= 0.6 is 0 Å². The summed E-state index contributed by atoms with van der Waals surface area (Å²) in [6.07, 6.45) is 11.1. The van der Waals surface area contributed by atoms with Gasteiger partial charge in [0.1, 0.15) is 11.9 Å². The van der Waals surface area contributed by atoms with Gasteiger partial charge in [-0.05, 0) is 49.8 Å². The number of hydrogen-bond acceptors (Lipinski definition) is 6. The molecule has 154 valence electrons. The van der Waals surface area contributed by atoms with Gasteiger partial charge in [-0.25, -0.2) is 0 Å². The van der Waals surface area contributed by atoms with Gasteiger partial charge < -0.3 is 19.3 Å². The van der Waals surface area contributed by atoms with Crippen molar-refractivity contribution in [2.24, 2.45) is 23.7 Å². The van der Waals surface area contributed by atoms with Crippen LogP contribution in [0.25, 0.3) is 6.08 Å². The molecule has 6 heteroatoms. The molecule has 6 nitrogen and oxygen atoms in total. The zero-order valence-electron chi connectivity index (χ0n) is 16.6. The Morgan fingerprint density at radius 1 is 1.24 bits per heavy atom. The number of nitrogens with zero attached hydrogens (tertiary/aromatic N) is 1. The lowest BCUT2D eigenvalue weighted by Crippen LogP contribution is -2.46. The van der Waals surface area contributed by atoms with Crippen LogP contribution in [0.15, 0.2) is 36.1 Å². The molecule has 0 unspecified atom stereocenters. The summed E-state index contributed by atoms with van der Waals surface area (Å²) in [4.78, 5) is 16.7. The number of ether oxygens (including phenoxy) is 3. The molecule has 29 heavy (non-hydrogen) atoms. The molecule has 3 heterocycles. The Balaban J connectivity index is 1.44. The minimum absolute atomic E-state index is 0.0658. The van der Waals surface area contributed by atoms with Crippen LogP contribution in [0, 0.1) is 23.7 Å². The molecular formula is C23H27NO5. The van der Waals surface area contributed by atoms with Crippen molar-refractivity contribution < 1.29 is 24.1 Å². The van der Waals surface area contributed by atoms with Crippen molar-refractivity contribution in [2.45, 2.75) is 44.5 Å². The third-order valence-corrected chi connectivity index (χ3v) is 7.03. The molecule has 2 aliphatic heterocycles. The summed E-state index contributed by atoms with van der Waals surface area (Å²) < 4.78 is 17.6. The number of carbonyl (C=O) groups excluding carboxylic acids is 1. The molecule has 1 N–H and O–H groups in total. The number of carbonyl (C=O) groups is 1. The van der Waals surface area contributed by atoms with Crippen LogP contribution in [0.2, 0.25) is 0 Å². The average Bonchev–Trinajstić information content (AvgIpc) is 3.27. The summed E-state index contributed by atoms with van der Waals surface area (Å²) in [5.41, 5.74) is 2.10. The minimum Gasteiger partial charge on any atom is -0.506 e. The van der Waals surface area contributed by atoms with Crippen LogP contribution in [-0.4, -0.2) is 41.2 Å². The predicted molar refractivity (Wildman–Crippen MR) is 106 cm³/mol. The number of aromatic hydroxyl groups is 1. The number of esters is 1. The van der Waals surface area contributed by atoms with Gasteiger partial charge in [-0.3, -0.25) is 9.78 Å². The third-order valence-electron chi connectivity index (χ3n) is 7.03. The normalized spacial score (nSPS) is 37.1. The first-order valence-corrected chi connectivity index (χ1v) is 10.6. The number of rotatable bonds is 2. The van der Waals surface area contributed by atoms with Gasteiger partial charge in [0.05, 0.1) is 31.0 Å². The third kappa shape index (κ3) is 3.38. The van der Waals surface area contributed by atoms with Crippen molar-refractivity contribution in [2.75, 3.05) is 13.2 Å². The first-order valence-electron chi connectivity index (χ1n) is 10.6. The van der Waals surface area contributed by atoms with Crippen LogP contribution < -0.4 is 0 Å². The number of hydrogen-bond donors (Lipinski definition) is 1. The van der Waals surface area contributed by atoms with E-state index in [4.69, 9.17) is 14.2 Å². The van der Waals surface area contributed by atoms with Gasteiger partial charge >= 0.3 is 5.97 Å². The predicted octanol–water partition coefficient (Wildman–Crippen LogP) is 3.47. The molecular weight excluding hydrogens is 370 g/mol. The molecule has 4 fully saturated rings. The van der Waals surface area contributed by atoms with E-state index in [1.54, 1.807) is 12.1 Å². The lowest BCUT2D eigenvalue weighted by molar-refractivity contribution is -0.197. The van der Waals surface area contributed by atoms with E-state index in [0.29, 0.717) is 25.0 Å². The Kier molecular flexibility index (Phi) is 4.71. The van der Waals surface area contributed by atoms with Crippen molar-refractivity contribution in [1.82, 2.24) is 4.98 Å². The minimum atomic E-state index is -0.445. The first-order chi connectivity index (χ1) is 14.0. The molecule has 1 aromatic rings. The van der Waals surface area contributed by atoms with Gasteiger partial charge in [-0.15, -0.1) is 0 Å². The van der Waals surface area contributed by atoms with Gasteiger partial charge in [0.15, 0.2) is 5.79 Å². The highest BCUT2D eigenvalue weighted by molar-refractivity contribution is 5.76. The maximum atomic E-state index is 12.5. The van der Waals surface area contributed by atoms with E-state index in [2.05, 4.69) is 11.1 Å². The Labute approximate surface area is 170 Å². The van der Waals surface area contributed by atoms with E-state index < -0.39 is 5.79 Å². The van der Waals surface area contributed by atoms with Crippen molar-refractivity contribution >= 4 is 12.0 Å². The summed E-state index contributed by atoms with van der Waals surface area (Å²) in [6.45, 7) is 3.33. The van der Waals surface area contributed by atoms with Crippen LogP contribution in [0.5, 0.6) is 5.75 Å². The van der Waals surface area contributed by atoms with E-state index in [9.17, 15) is 9.90 Å². The Morgan fingerprint density at radius 3 is 2.83 bits per heavy atom. The van der Waals surface area contributed by atoms with E-state index >= 15 is 0 Å². The molecule has 5 rings (SSSR count). The smallest absolute Gasteiger partial charge is 0.309 e. The lowest BCUT2D eigenvalue weighted by atomic mass is 9.59.